The number of nitrogens with zero attached hydrogens (tertiary/aromatic N) is 1. The predicted molar refractivity (Wildman–Crippen MR) is 110 cm³/mol. The van der Waals surface area contributed by atoms with Crippen molar-refractivity contribution in [2.45, 2.75) is 12.8 Å². The summed E-state index contributed by atoms with van der Waals surface area (Å²) in [7, 11) is 1.58. The molecule has 7 heteroatoms. The third-order valence-electron chi connectivity index (χ3n) is 4.92. The molecule has 0 unspecified atom stereocenters. The Labute approximate surface area is 169 Å². The van der Waals surface area contributed by atoms with Gasteiger partial charge >= 0.3 is 6.03 Å². The second kappa shape index (κ2) is 9.46. The summed E-state index contributed by atoms with van der Waals surface area (Å²) in [5, 5.41) is 6.30. The number of anilines is 1. The van der Waals surface area contributed by atoms with E-state index in [4.69, 9.17) is 16.3 Å². The highest BCUT2D eigenvalue weighted by molar-refractivity contribution is 6.33. The first-order valence-electron chi connectivity index (χ1n) is 9.30. The van der Waals surface area contributed by atoms with E-state index in [1.54, 1.807) is 36.3 Å². The number of likely N-dealkylation sites (tertiary alicyclic amines) is 1. The van der Waals surface area contributed by atoms with Gasteiger partial charge in [0.15, 0.2) is 0 Å². The Morgan fingerprint density at radius 1 is 1.11 bits per heavy atom. The number of carbonyl (C=O) groups excluding carboxylic acids is 2. The monoisotopic (exact) mass is 401 g/mol. The zero-order chi connectivity index (χ0) is 19.9. The number of para-hydroxylation sites is 2. The molecule has 1 aliphatic rings. The first kappa shape index (κ1) is 20.0. The molecule has 0 bridgehead atoms. The molecule has 1 saturated heterocycles. The average Bonchev–Trinajstić information content (AvgIpc) is 2.73. The predicted octanol–water partition coefficient (Wildman–Crippen LogP) is 4.02. The van der Waals surface area contributed by atoms with Crippen molar-refractivity contribution in [3.8, 4) is 5.75 Å². The number of amides is 3. The lowest BCUT2D eigenvalue weighted by Gasteiger charge is -2.32. The molecule has 2 N–H and O–H groups in total. The van der Waals surface area contributed by atoms with Gasteiger partial charge in [-0.1, -0.05) is 35.9 Å². The first-order valence-corrected chi connectivity index (χ1v) is 9.68. The summed E-state index contributed by atoms with van der Waals surface area (Å²) in [4.78, 5) is 26.6. The van der Waals surface area contributed by atoms with E-state index in [1.165, 1.54) is 0 Å². The largest absolute Gasteiger partial charge is 0.495 e. The molecule has 1 heterocycles. The van der Waals surface area contributed by atoms with E-state index in [2.05, 4.69) is 10.6 Å². The third-order valence-corrected chi connectivity index (χ3v) is 5.25. The van der Waals surface area contributed by atoms with Crippen LogP contribution in [0.5, 0.6) is 5.75 Å². The van der Waals surface area contributed by atoms with Gasteiger partial charge in [-0.05, 0) is 43.0 Å². The number of methoxy groups -OCH3 is 1. The summed E-state index contributed by atoms with van der Waals surface area (Å²) in [5.74, 6) is 0.803. The summed E-state index contributed by atoms with van der Waals surface area (Å²) >= 11 is 6.06. The zero-order valence-electron chi connectivity index (χ0n) is 15.8. The first-order chi connectivity index (χ1) is 13.6. The number of urea groups is 1. The smallest absolute Gasteiger partial charge is 0.321 e. The van der Waals surface area contributed by atoms with Crippen LogP contribution in [0.1, 0.15) is 23.2 Å². The van der Waals surface area contributed by atoms with Crippen LogP contribution in [0.4, 0.5) is 10.5 Å². The Kier molecular flexibility index (Phi) is 6.76. The van der Waals surface area contributed by atoms with E-state index < -0.39 is 0 Å². The summed E-state index contributed by atoms with van der Waals surface area (Å²) < 4.78 is 5.27. The summed E-state index contributed by atoms with van der Waals surface area (Å²) in [6.45, 7) is 1.87. The van der Waals surface area contributed by atoms with Gasteiger partial charge < -0.3 is 20.3 Å². The van der Waals surface area contributed by atoms with Crippen LogP contribution in [0.3, 0.4) is 0 Å². The van der Waals surface area contributed by atoms with Gasteiger partial charge in [-0.25, -0.2) is 4.79 Å². The van der Waals surface area contributed by atoms with E-state index in [-0.39, 0.29) is 11.9 Å². The number of rotatable bonds is 5. The Hall–Kier alpha value is -2.73. The van der Waals surface area contributed by atoms with Crippen molar-refractivity contribution in [1.82, 2.24) is 10.2 Å². The fourth-order valence-electron chi connectivity index (χ4n) is 3.26. The van der Waals surface area contributed by atoms with E-state index in [0.717, 1.165) is 12.8 Å². The molecule has 0 aliphatic carbocycles. The van der Waals surface area contributed by atoms with Crippen molar-refractivity contribution in [2.24, 2.45) is 5.92 Å². The molecule has 3 amide bonds. The molecule has 2 aromatic rings. The minimum atomic E-state index is -0.165. The van der Waals surface area contributed by atoms with E-state index >= 15 is 0 Å². The summed E-state index contributed by atoms with van der Waals surface area (Å²) in [6.07, 6.45) is 1.67. The van der Waals surface area contributed by atoms with Crippen molar-refractivity contribution in [2.75, 3.05) is 32.1 Å². The molecule has 1 fully saturated rings. The number of carbonyl (C=O) groups is 2. The maximum absolute atomic E-state index is 12.5. The lowest BCUT2D eigenvalue weighted by atomic mass is 9.97. The van der Waals surface area contributed by atoms with Crippen LogP contribution in [-0.2, 0) is 0 Å². The van der Waals surface area contributed by atoms with Gasteiger partial charge in [0.05, 0.1) is 23.4 Å². The number of nitrogens with one attached hydrogen (secondary N) is 2. The van der Waals surface area contributed by atoms with Crippen LogP contribution < -0.4 is 15.4 Å². The second-order valence-electron chi connectivity index (χ2n) is 6.75. The van der Waals surface area contributed by atoms with Crippen molar-refractivity contribution in [1.29, 1.82) is 0 Å². The quantitative estimate of drug-likeness (QED) is 0.794. The van der Waals surface area contributed by atoms with Crippen molar-refractivity contribution in [3.63, 3.8) is 0 Å². The fraction of sp³-hybridized carbons (Fsp3) is 0.333. The standard InChI is InChI=1S/C21H24ClN3O3/c1-28-19-9-5-4-8-18(19)24-21(27)25-12-10-15(11-13-25)14-23-20(26)16-6-2-3-7-17(16)22/h2-9,15H,10-14H2,1H3,(H,23,26)(H,24,27). The van der Waals surface area contributed by atoms with Crippen LogP contribution in [0.15, 0.2) is 48.5 Å². The Morgan fingerprint density at radius 2 is 1.79 bits per heavy atom. The third kappa shape index (κ3) is 4.95. The second-order valence-corrected chi connectivity index (χ2v) is 7.16. The van der Waals surface area contributed by atoms with Crippen LogP contribution in [0.2, 0.25) is 5.02 Å². The molecular formula is C21H24ClN3O3. The number of piperidine rings is 1. The van der Waals surface area contributed by atoms with Crippen LogP contribution >= 0.6 is 11.6 Å². The maximum atomic E-state index is 12.5. The van der Waals surface area contributed by atoms with Gasteiger partial charge in [0.1, 0.15) is 5.75 Å². The molecular weight excluding hydrogens is 378 g/mol. The number of benzene rings is 2. The molecule has 0 aromatic heterocycles. The highest BCUT2D eigenvalue weighted by Crippen LogP contribution is 2.24. The molecule has 0 spiro atoms. The average molecular weight is 402 g/mol. The van der Waals surface area contributed by atoms with Gasteiger partial charge in [-0.2, -0.15) is 0 Å². The van der Waals surface area contributed by atoms with Gasteiger partial charge in [0, 0.05) is 19.6 Å². The van der Waals surface area contributed by atoms with Gasteiger partial charge in [-0.3, -0.25) is 4.79 Å². The number of hydrogen-bond acceptors (Lipinski definition) is 3. The molecule has 148 valence electrons. The van der Waals surface area contributed by atoms with Crippen molar-refractivity contribution >= 4 is 29.2 Å². The molecule has 0 saturated carbocycles. The molecule has 0 radical (unpaired) electrons. The topological polar surface area (TPSA) is 70.7 Å². The lowest BCUT2D eigenvalue weighted by molar-refractivity contribution is 0.0939. The molecule has 0 atom stereocenters. The minimum absolute atomic E-state index is 0.136. The van der Waals surface area contributed by atoms with E-state index in [9.17, 15) is 9.59 Å². The van der Waals surface area contributed by atoms with E-state index in [0.29, 0.717) is 47.6 Å². The van der Waals surface area contributed by atoms with Crippen LogP contribution in [0, 0.1) is 5.92 Å². The SMILES string of the molecule is COc1ccccc1NC(=O)N1CCC(CNC(=O)c2ccccc2Cl)CC1. The van der Waals surface area contributed by atoms with Crippen LogP contribution in [0.25, 0.3) is 0 Å². The Morgan fingerprint density at radius 3 is 2.50 bits per heavy atom. The number of hydrogen-bond donors (Lipinski definition) is 2. The minimum Gasteiger partial charge on any atom is -0.495 e. The highest BCUT2D eigenvalue weighted by atomic mass is 35.5. The molecule has 1 aliphatic heterocycles. The summed E-state index contributed by atoms with van der Waals surface area (Å²) in [5.41, 5.74) is 1.14. The fourth-order valence-corrected chi connectivity index (χ4v) is 3.48. The Bertz CT molecular complexity index is 835. The molecule has 6 nitrogen and oxygen atoms in total. The zero-order valence-corrected chi connectivity index (χ0v) is 16.5. The van der Waals surface area contributed by atoms with Gasteiger partial charge in [0.25, 0.3) is 5.91 Å². The number of ether oxygens (including phenoxy) is 1. The molecule has 3 rings (SSSR count). The maximum Gasteiger partial charge on any atom is 0.321 e. The normalized spacial score (nSPS) is 14.4. The van der Waals surface area contributed by atoms with Crippen LogP contribution in [-0.4, -0.2) is 43.6 Å². The highest BCUT2D eigenvalue weighted by Gasteiger charge is 2.24. The summed E-state index contributed by atoms with van der Waals surface area (Å²) in [6, 6.07) is 14.2. The van der Waals surface area contributed by atoms with Crippen molar-refractivity contribution in [3.05, 3.63) is 59.1 Å². The Balaban J connectivity index is 1.46. The number of halogens is 1. The lowest BCUT2D eigenvalue weighted by Crippen LogP contribution is -2.43. The van der Waals surface area contributed by atoms with Crippen molar-refractivity contribution < 1.29 is 14.3 Å². The van der Waals surface area contributed by atoms with E-state index in [1.807, 2.05) is 24.3 Å². The van der Waals surface area contributed by atoms with Gasteiger partial charge in [-0.15, -0.1) is 0 Å². The van der Waals surface area contributed by atoms with Gasteiger partial charge in [0.2, 0.25) is 0 Å². The molecule has 2 aromatic carbocycles. The molecule has 28 heavy (non-hydrogen) atoms.